The van der Waals surface area contributed by atoms with Gasteiger partial charge in [0.1, 0.15) is 11.4 Å². The first-order valence-corrected chi connectivity index (χ1v) is 6.93. The van der Waals surface area contributed by atoms with Crippen molar-refractivity contribution in [1.82, 2.24) is 0 Å². The van der Waals surface area contributed by atoms with Crippen molar-refractivity contribution in [2.45, 2.75) is 45.3 Å². The molecule has 11 heteroatoms. The van der Waals surface area contributed by atoms with Gasteiger partial charge in [-0.1, -0.05) is 0 Å². The van der Waals surface area contributed by atoms with E-state index in [0.717, 1.165) is 6.07 Å². The average Bonchev–Trinajstić information content (AvgIpc) is 2.58. The van der Waals surface area contributed by atoms with Gasteiger partial charge in [-0.3, -0.25) is 10.1 Å². The van der Waals surface area contributed by atoms with Crippen LogP contribution in [0.3, 0.4) is 0 Å². The third kappa shape index (κ3) is 3.41. The van der Waals surface area contributed by atoms with E-state index in [-0.39, 0.29) is 11.2 Å². The van der Waals surface area contributed by atoms with Crippen molar-refractivity contribution in [1.29, 1.82) is 0 Å². The lowest BCUT2D eigenvalue weighted by Crippen LogP contribution is -2.41. The van der Waals surface area contributed by atoms with E-state index >= 15 is 0 Å². The zero-order valence-electron chi connectivity index (χ0n) is 13.4. The van der Waals surface area contributed by atoms with Crippen LogP contribution in [-0.2, 0) is 9.31 Å². The lowest BCUT2D eigenvalue weighted by atomic mass is 9.78. The molecule has 7 nitrogen and oxygen atoms in total. The maximum Gasteiger partial charge on any atom is 0.573 e. The van der Waals surface area contributed by atoms with Crippen LogP contribution in [0.5, 0.6) is 5.75 Å². The number of alkyl halides is 3. The second-order valence-electron chi connectivity index (χ2n) is 6.34. The second-order valence-corrected chi connectivity index (χ2v) is 6.34. The van der Waals surface area contributed by atoms with Crippen LogP contribution in [-0.4, -0.2) is 29.6 Å². The minimum absolute atomic E-state index is 0.172. The van der Waals surface area contributed by atoms with E-state index in [2.05, 4.69) is 4.74 Å². The van der Waals surface area contributed by atoms with E-state index in [1.54, 1.807) is 27.7 Å². The summed E-state index contributed by atoms with van der Waals surface area (Å²) >= 11 is 0. The second kappa shape index (κ2) is 5.52. The summed E-state index contributed by atoms with van der Waals surface area (Å²) in [5.41, 5.74) is 2.74. The number of benzene rings is 1. The topological polar surface area (TPSA) is 96.9 Å². The molecule has 1 aliphatic heterocycles. The number of nitro groups is 1. The van der Waals surface area contributed by atoms with Crippen molar-refractivity contribution < 1.29 is 32.1 Å². The first-order valence-electron chi connectivity index (χ1n) is 6.93. The van der Waals surface area contributed by atoms with Crippen molar-refractivity contribution in [2.24, 2.45) is 0 Å². The first-order chi connectivity index (χ1) is 10.7. The van der Waals surface area contributed by atoms with Crippen molar-refractivity contribution in [3.8, 4) is 5.75 Å². The van der Waals surface area contributed by atoms with Crippen LogP contribution in [0.4, 0.5) is 24.5 Å². The summed E-state index contributed by atoms with van der Waals surface area (Å²) in [6.07, 6.45) is -5.04. The number of halogens is 3. The summed E-state index contributed by atoms with van der Waals surface area (Å²) in [5.74, 6) is -0.790. The molecule has 1 aliphatic rings. The highest BCUT2D eigenvalue weighted by Crippen LogP contribution is 2.38. The zero-order valence-corrected chi connectivity index (χ0v) is 13.4. The van der Waals surface area contributed by atoms with E-state index in [1.165, 1.54) is 0 Å². The van der Waals surface area contributed by atoms with Crippen molar-refractivity contribution in [3.63, 3.8) is 0 Å². The molecule has 1 fully saturated rings. The number of hydrogen-bond acceptors (Lipinski definition) is 6. The van der Waals surface area contributed by atoms with Gasteiger partial charge in [0, 0.05) is 5.46 Å². The Labute approximate surface area is 136 Å². The lowest BCUT2D eigenvalue weighted by molar-refractivity contribution is -0.384. The number of nitrogens with two attached hydrogens (primary N) is 1. The summed E-state index contributed by atoms with van der Waals surface area (Å²) in [4.78, 5) is 10.0. The van der Waals surface area contributed by atoms with Gasteiger partial charge in [0.2, 0.25) is 0 Å². The molecule has 0 bridgehead atoms. The highest BCUT2D eigenvalue weighted by Gasteiger charge is 2.53. The minimum atomic E-state index is -5.04. The van der Waals surface area contributed by atoms with Crippen LogP contribution >= 0.6 is 0 Å². The normalized spacial score (nSPS) is 19.4. The SMILES string of the molecule is CC1(C)OB(c2cc(N)c([N+](=O)[O-])cc2OC(F)(F)F)OC1(C)C. The third-order valence-corrected chi connectivity index (χ3v) is 4.09. The average molecular weight is 348 g/mol. The Hall–Kier alpha value is -2.01. The molecule has 0 aromatic heterocycles. The molecule has 0 amide bonds. The van der Waals surface area contributed by atoms with Crippen molar-refractivity contribution >= 4 is 24.0 Å². The van der Waals surface area contributed by atoms with E-state index < -0.39 is 41.0 Å². The molecule has 24 heavy (non-hydrogen) atoms. The summed E-state index contributed by atoms with van der Waals surface area (Å²) in [7, 11) is -1.21. The molecule has 0 unspecified atom stereocenters. The highest BCUT2D eigenvalue weighted by atomic mass is 19.4. The molecular formula is C13H16BF3N2O5. The van der Waals surface area contributed by atoms with E-state index in [4.69, 9.17) is 15.0 Å². The first kappa shape index (κ1) is 18.3. The van der Waals surface area contributed by atoms with Gasteiger partial charge in [-0.05, 0) is 33.8 Å². The Morgan fingerprint density at radius 3 is 2.12 bits per heavy atom. The maximum atomic E-state index is 12.6. The lowest BCUT2D eigenvalue weighted by Gasteiger charge is -2.32. The Balaban J connectivity index is 2.53. The molecule has 2 rings (SSSR count). The van der Waals surface area contributed by atoms with E-state index in [9.17, 15) is 23.3 Å². The highest BCUT2D eigenvalue weighted by molar-refractivity contribution is 6.63. The van der Waals surface area contributed by atoms with Gasteiger partial charge >= 0.3 is 13.5 Å². The molecular weight excluding hydrogens is 332 g/mol. The summed E-state index contributed by atoms with van der Waals surface area (Å²) in [5, 5.41) is 10.9. The molecule has 1 saturated heterocycles. The van der Waals surface area contributed by atoms with Crippen LogP contribution < -0.4 is 15.9 Å². The molecule has 1 heterocycles. The Bertz CT molecular complexity index is 662. The van der Waals surface area contributed by atoms with Crippen LogP contribution in [0.1, 0.15) is 27.7 Å². The predicted octanol–water partition coefficient (Wildman–Crippen LogP) is 2.37. The molecule has 0 spiro atoms. The summed E-state index contributed by atoms with van der Waals surface area (Å²) < 4.78 is 53.2. The fourth-order valence-electron chi connectivity index (χ4n) is 2.13. The van der Waals surface area contributed by atoms with Crippen LogP contribution in [0.2, 0.25) is 0 Å². The van der Waals surface area contributed by atoms with Crippen LogP contribution in [0, 0.1) is 10.1 Å². The number of rotatable bonds is 3. The third-order valence-electron chi connectivity index (χ3n) is 4.09. The number of anilines is 1. The zero-order chi connectivity index (χ0) is 18.5. The van der Waals surface area contributed by atoms with Crippen LogP contribution in [0.25, 0.3) is 0 Å². The monoisotopic (exact) mass is 348 g/mol. The van der Waals surface area contributed by atoms with Crippen molar-refractivity contribution in [3.05, 3.63) is 22.2 Å². The Morgan fingerprint density at radius 2 is 1.71 bits per heavy atom. The Kier molecular flexibility index (Phi) is 4.22. The molecule has 2 N–H and O–H groups in total. The molecule has 1 aromatic rings. The molecule has 0 aliphatic carbocycles. The van der Waals surface area contributed by atoms with Crippen molar-refractivity contribution in [2.75, 3.05) is 5.73 Å². The molecule has 0 saturated carbocycles. The standard InChI is InChI=1S/C13H16BF3N2O5/c1-11(2)12(3,4)24-14(23-11)7-5-8(18)9(19(20)21)6-10(7)22-13(15,16)17/h5-6H,18H2,1-4H3. The largest absolute Gasteiger partial charge is 0.573 e. The number of nitrogen functional groups attached to an aromatic ring is 1. The van der Waals surface area contributed by atoms with Gasteiger partial charge in [-0.2, -0.15) is 0 Å². The summed E-state index contributed by atoms with van der Waals surface area (Å²) in [6.45, 7) is 6.86. The fourth-order valence-corrected chi connectivity index (χ4v) is 2.13. The van der Waals surface area contributed by atoms with Gasteiger partial charge in [0.25, 0.3) is 5.69 Å². The fraction of sp³-hybridized carbons (Fsp3) is 0.538. The molecule has 1 aromatic carbocycles. The van der Waals surface area contributed by atoms with Gasteiger partial charge < -0.3 is 19.8 Å². The Morgan fingerprint density at radius 1 is 1.21 bits per heavy atom. The summed E-state index contributed by atoms with van der Waals surface area (Å²) in [6, 6.07) is 1.62. The number of nitro benzene ring substituents is 1. The van der Waals surface area contributed by atoms with Gasteiger partial charge in [0.15, 0.2) is 0 Å². The quantitative estimate of drug-likeness (QED) is 0.390. The number of ether oxygens (including phenoxy) is 1. The van der Waals surface area contributed by atoms with Gasteiger partial charge in [-0.15, -0.1) is 13.2 Å². The number of nitrogens with zero attached hydrogens (tertiary/aromatic N) is 1. The minimum Gasteiger partial charge on any atom is -0.406 e. The van der Waals surface area contributed by atoms with Gasteiger partial charge in [0.05, 0.1) is 22.2 Å². The maximum absolute atomic E-state index is 12.6. The van der Waals surface area contributed by atoms with Gasteiger partial charge in [-0.25, -0.2) is 0 Å². The van der Waals surface area contributed by atoms with E-state index in [0.29, 0.717) is 6.07 Å². The van der Waals surface area contributed by atoms with Crippen LogP contribution in [0.15, 0.2) is 12.1 Å². The number of hydrogen-bond donors (Lipinski definition) is 1. The molecule has 132 valence electrons. The smallest absolute Gasteiger partial charge is 0.406 e. The molecule has 0 atom stereocenters. The van der Waals surface area contributed by atoms with E-state index in [1.807, 2.05) is 0 Å². The predicted molar refractivity (Wildman–Crippen MR) is 79.9 cm³/mol. The molecule has 0 radical (unpaired) electrons.